The molecule has 0 saturated carbocycles. The summed E-state index contributed by atoms with van der Waals surface area (Å²) in [6, 6.07) is 3.53. The first kappa shape index (κ1) is 10.0. The van der Waals surface area contributed by atoms with E-state index in [0.717, 1.165) is 17.6 Å². The van der Waals surface area contributed by atoms with E-state index in [1.807, 2.05) is 0 Å². The highest BCUT2D eigenvalue weighted by Gasteiger charge is 2.19. The number of nitrogens with one attached hydrogen (secondary N) is 1. The SMILES string of the molecule is Nc1cc2c(cc1C=C1CCNC1=O)OCO2. The Morgan fingerprint density at radius 3 is 2.76 bits per heavy atom. The van der Waals surface area contributed by atoms with Crippen LogP contribution in [0.15, 0.2) is 17.7 Å². The van der Waals surface area contributed by atoms with E-state index in [-0.39, 0.29) is 12.7 Å². The fourth-order valence-electron chi connectivity index (χ4n) is 1.96. The van der Waals surface area contributed by atoms with Gasteiger partial charge in [-0.05, 0) is 18.6 Å². The second-order valence-electron chi connectivity index (χ2n) is 4.01. The van der Waals surface area contributed by atoms with Crippen LogP contribution in [-0.2, 0) is 4.79 Å². The Bertz CT molecular complexity index is 523. The van der Waals surface area contributed by atoms with Gasteiger partial charge >= 0.3 is 0 Å². The molecular weight excluding hydrogens is 220 g/mol. The minimum atomic E-state index is -0.0259. The van der Waals surface area contributed by atoms with Crippen molar-refractivity contribution >= 4 is 17.7 Å². The Kier molecular flexibility index (Phi) is 2.18. The molecule has 0 atom stereocenters. The number of nitrogen functional groups attached to an aromatic ring is 1. The number of hydrogen-bond donors (Lipinski definition) is 2. The third kappa shape index (κ3) is 1.69. The molecule has 1 amide bonds. The Balaban J connectivity index is 2.01. The molecule has 2 aliphatic rings. The first-order valence-electron chi connectivity index (χ1n) is 5.42. The third-order valence-corrected chi connectivity index (χ3v) is 2.88. The number of rotatable bonds is 1. The molecule has 17 heavy (non-hydrogen) atoms. The maximum absolute atomic E-state index is 11.4. The fourth-order valence-corrected chi connectivity index (χ4v) is 1.96. The van der Waals surface area contributed by atoms with E-state index >= 15 is 0 Å². The lowest BCUT2D eigenvalue weighted by atomic mass is 10.1. The van der Waals surface area contributed by atoms with E-state index in [1.54, 1.807) is 18.2 Å². The standard InChI is InChI=1S/C12H12N2O3/c13-9-5-11-10(16-6-17-11)4-8(9)3-7-1-2-14-12(7)15/h3-5H,1-2,6,13H2,(H,14,15). The lowest BCUT2D eigenvalue weighted by Gasteiger charge is -2.04. The predicted molar refractivity (Wildman–Crippen MR) is 62.6 cm³/mol. The molecule has 0 aromatic heterocycles. The molecule has 0 bridgehead atoms. The zero-order chi connectivity index (χ0) is 11.8. The number of carbonyl (C=O) groups is 1. The number of fused-ring (bicyclic) bond motifs is 1. The molecule has 1 aromatic carbocycles. The van der Waals surface area contributed by atoms with Gasteiger partial charge in [0.05, 0.1) is 0 Å². The first-order chi connectivity index (χ1) is 8.24. The Morgan fingerprint density at radius 1 is 1.29 bits per heavy atom. The van der Waals surface area contributed by atoms with Crippen LogP contribution in [0.25, 0.3) is 6.08 Å². The van der Waals surface area contributed by atoms with Crippen LogP contribution < -0.4 is 20.5 Å². The lowest BCUT2D eigenvalue weighted by molar-refractivity contribution is -0.116. The molecule has 1 fully saturated rings. The van der Waals surface area contributed by atoms with Gasteiger partial charge in [0.15, 0.2) is 11.5 Å². The molecule has 3 rings (SSSR count). The molecule has 1 aromatic rings. The summed E-state index contributed by atoms with van der Waals surface area (Å²) in [5.41, 5.74) is 8.03. The molecule has 0 spiro atoms. The second-order valence-corrected chi connectivity index (χ2v) is 4.01. The average molecular weight is 232 g/mol. The van der Waals surface area contributed by atoms with E-state index in [9.17, 15) is 4.79 Å². The largest absolute Gasteiger partial charge is 0.454 e. The van der Waals surface area contributed by atoms with Crippen LogP contribution in [0.1, 0.15) is 12.0 Å². The molecule has 0 aliphatic carbocycles. The van der Waals surface area contributed by atoms with E-state index in [0.29, 0.717) is 23.7 Å². The maximum atomic E-state index is 11.4. The van der Waals surface area contributed by atoms with Gasteiger partial charge in [0.2, 0.25) is 12.7 Å². The summed E-state index contributed by atoms with van der Waals surface area (Å²) in [5, 5.41) is 2.76. The van der Waals surface area contributed by atoms with Crippen molar-refractivity contribution in [3.63, 3.8) is 0 Å². The molecule has 1 saturated heterocycles. The number of anilines is 1. The minimum absolute atomic E-state index is 0.0259. The second kappa shape index (κ2) is 3.69. The van der Waals surface area contributed by atoms with Crippen molar-refractivity contribution in [2.45, 2.75) is 6.42 Å². The summed E-state index contributed by atoms with van der Waals surface area (Å²) < 4.78 is 10.5. The van der Waals surface area contributed by atoms with Crippen molar-refractivity contribution in [1.82, 2.24) is 5.32 Å². The Labute approximate surface area is 98.2 Å². The number of carbonyl (C=O) groups excluding carboxylic acids is 1. The van der Waals surface area contributed by atoms with Gasteiger partial charge in [-0.3, -0.25) is 4.79 Å². The van der Waals surface area contributed by atoms with E-state index in [1.165, 1.54) is 0 Å². The van der Waals surface area contributed by atoms with Gasteiger partial charge in [0, 0.05) is 29.4 Å². The van der Waals surface area contributed by atoms with Gasteiger partial charge < -0.3 is 20.5 Å². The van der Waals surface area contributed by atoms with Gasteiger partial charge in [-0.15, -0.1) is 0 Å². The van der Waals surface area contributed by atoms with Crippen LogP contribution in [0, 0.1) is 0 Å². The highest BCUT2D eigenvalue weighted by Crippen LogP contribution is 2.36. The van der Waals surface area contributed by atoms with Crippen molar-refractivity contribution in [3.05, 3.63) is 23.3 Å². The van der Waals surface area contributed by atoms with Crippen LogP contribution in [0.5, 0.6) is 11.5 Å². The van der Waals surface area contributed by atoms with Crippen molar-refractivity contribution in [1.29, 1.82) is 0 Å². The van der Waals surface area contributed by atoms with Gasteiger partial charge in [-0.25, -0.2) is 0 Å². The average Bonchev–Trinajstić information content (AvgIpc) is 2.89. The number of nitrogens with two attached hydrogens (primary N) is 1. The van der Waals surface area contributed by atoms with Gasteiger partial charge in [-0.2, -0.15) is 0 Å². The predicted octanol–water partition coefficient (Wildman–Crippen LogP) is 0.901. The number of hydrogen-bond acceptors (Lipinski definition) is 4. The summed E-state index contributed by atoms with van der Waals surface area (Å²) >= 11 is 0. The Morgan fingerprint density at radius 2 is 2.06 bits per heavy atom. The van der Waals surface area contributed by atoms with Crippen molar-refractivity contribution < 1.29 is 14.3 Å². The molecule has 2 heterocycles. The molecule has 3 N–H and O–H groups in total. The normalized spacial score (nSPS) is 19.8. The summed E-state index contributed by atoms with van der Waals surface area (Å²) in [4.78, 5) is 11.4. The molecule has 5 heteroatoms. The van der Waals surface area contributed by atoms with E-state index in [4.69, 9.17) is 15.2 Å². The molecule has 0 radical (unpaired) electrons. The van der Waals surface area contributed by atoms with Gasteiger partial charge in [0.1, 0.15) is 0 Å². The number of ether oxygens (including phenoxy) is 2. The van der Waals surface area contributed by atoms with Gasteiger partial charge in [0.25, 0.3) is 0 Å². The monoisotopic (exact) mass is 232 g/mol. The first-order valence-corrected chi connectivity index (χ1v) is 5.42. The van der Waals surface area contributed by atoms with Crippen LogP contribution >= 0.6 is 0 Å². The molecule has 2 aliphatic heterocycles. The summed E-state index contributed by atoms with van der Waals surface area (Å²) in [7, 11) is 0. The molecular formula is C12H12N2O3. The number of amides is 1. The van der Waals surface area contributed by atoms with Crippen molar-refractivity contribution in [3.8, 4) is 11.5 Å². The lowest BCUT2D eigenvalue weighted by Crippen LogP contribution is -2.14. The minimum Gasteiger partial charge on any atom is -0.454 e. The van der Waals surface area contributed by atoms with Crippen molar-refractivity contribution in [2.24, 2.45) is 0 Å². The third-order valence-electron chi connectivity index (χ3n) is 2.88. The van der Waals surface area contributed by atoms with E-state index < -0.39 is 0 Å². The summed E-state index contributed by atoms with van der Waals surface area (Å²) in [6.45, 7) is 0.907. The fraction of sp³-hybridized carbons (Fsp3) is 0.250. The highest BCUT2D eigenvalue weighted by atomic mass is 16.7. The molecule has 0 unspecified atom stereocenters. The quantitative estimate of drug-likeness (QED) is 0.557. The van der Waals surface area contributed by atoms with Crippen LogP contribution in [0.4, 0.5) is 5.69 Å². The zero-order valence-electron chi connectivity index (χ0n) is 9.16. The summed E-state index contributed by atoms with van der Waals surface area (Å²) in [5.74, 6) is 1.30. The molecule has 88 valence electrons. The molecule has 5 nitrogen and oxygen atoms in total. The maximum Gasteiger partial charge on any atom is 0.247 e. The summed E-state index contributed by atoms with van der Waals surface area (Å²) in [6.07, 6.45) is 2.53. The smallest absolute Gasteiger partial charge is 0.247 e. The van der Waals surface area contributed by atoms with E-state index in [2.05, 4.69) is 5.32 Å². The Hall–Kier alpha value is -2.17. The van der Waals surface area contributed by atoms with Crippen LogP contribution in [-0.4, -0.2) is 19.2 Å². The van der Waals surface area contributed by atoms with Crippen LogP contribution in [0.3, 0.4) is 0 Å². The highest BCUT2D eigenvalue weighted by molar-refractivity contribution is 6.00. The van der Waals surface area contributed by atoms with Crippen LogP contribution in [0.2, 0.25) is 0 Å². The zero-order valence-corrected chi connectivity index (χ0v) is 9.16. The topological polar surface area (TPSA) is 73.6 Å². The van der Waals surface area contributed by atoms with Gasteiger partial charge in [-0.1, -0.05) is 0 Å². The van der Waals surface area contributed by atoms with Crippen molar-refractivity contribution in [2.75, 3.05) is 19.1 Å². The number of benzene rings is 1.